The largest absolute Gasteiger partial charge is 0.347 e. The molecular formula is C21H25N5O2S. The van der Waals surface area contributed by atoms with Crippen LogP contribution in [0.3, 0.4) is 0 Å². The van der Waals surface area contributed by atoms with Crippen LogP contribution in [-0.2, 0) is 11.2 Å². The predicted octanol–water partition coefficient (Wildman–Crippen LogP) is 3.90. The summed E-state index contributed by atoms with van der Waals surface area (Å²) >= 11 is 1.37. The standard InChI is InChI=1S/C21H25N5O2S/c1-13(2)26-19(14(3)11-22-26)25-20(28)18-12-29-21(24-18)17(23-15(4)27)10-16-8-6-5-7-9-16/h5-9,11-13,17H,10H2,1-4H3,(H,23,27)(H,25,28)/t17-/m0/s1. The topological polar surface area (TPSA) is 88.9 Å². The van der Waals surface area contributed by atoms with E-state index in [1.807, 2.05) is 51.1 Å². The van der Waals surface area contributed by atoms with Gasteiger partial charge in [-0.25, -0.2) is 9.67 Å². The summed E-state index contributed by atoms with van der Waals surface area (Å²) in [7, 11) is 0. The number of aryl methyl sites for hydroxylation is 1. The number of benzene rings is 1. The lowest BCUT2D eigenvalue weighted by Crippen LogP contribution is -2.27. The summed E-state index contributed by atoms with van der Waals surface area (Å²) in [6, 6.07) is 9.72. The van der Waals surface area contributed by atoms with Crippen molar-refractivity contribution in [1.29, 1.82) is 0 Å². The Morgan fingerprint density at radius 1 is 1.21 bits per heavy atom. The van der Waals surface area contributed by atoms with Crippen LogP contribution >= 0.6 is 11.3 Å². The lowest BCUT2D eigenvalue weighted by Gasteiger charge is -2.15. The van der Waals surface area contributed by atoms with Gasteiger partial charge in [0.2, 0.25) is 5.91 Å². The third kappa shape index (κ3) is 5.08. The van der Waals surface area contributed by atoms with Crippen molar-refractivity contribution < 1.29 is 9.59 Å². The van der Waals surface area contributed by atoms with Gasteiger partial charge in [0.05, 0.1) is 12.2 Å². The monoisotopic (exact) mass is 411 g/mol. The molecule has 0 radical (unpaired) electrons. The molecule has 29 heavy (non-hydrogen) atoms. The maximum absolute atomic E-state index is 12.8. The average Bonchev–Trinajstić information content (AvgIpc) is 3.29. The maximum Gasteiger partial charge on any atom is 0.276 e. The molecule has 0 bridgehead atoms. The molecule has 0 spiro atoms. The number of carbonyl (C=O) groups excluding carboxylic acids is 2. The van der Waals surface area contributed by atoms with E-state index in [1.54, 1.807) is 16.3 Å². The second-order valence-electron chi connectivity index (χ2n) is 7.18. The summed E-state index contributed by atoms with van der Waals surface area (Å²) in [5, 5.41) is 12.6. The van der Waals surface area contributed by atoms with Crippen LogP contribution < -0.4 is 10.6 Å². The highest BCUT2D eigenvalue weighted by atomic mass is 32.1. The molecule has 2 heterocycles. The maximum atomic E-state index is 12.8. The Bertz CT molecular complexity index is 994. The molecule has 3 aromatic rings. The normalized spacial score (nSPS) is 12.0. The van der Waals surface area contributed by atoms with Crippen molar-refractivity contribution in [1.82, 2.24) is 20.1 Å². The Hall–Kier alpha value is -3.00. The fourth-order valence-corrected chi connectivity index (χ4v) is 3.86. The van der Waals surface area contributed by atoms with Gasteiger partial charge in [0.25, 0.3) is 5.91 Å². The van der Waals surface area contributed by atoms with Crippen LogP contribution in [0.15, 0.2) is 41.9 Å². The Morgan fingerprint density at radius 3 is 2.59 bits per heavy atom. The van der Waals surface area contributed by atoms with Gasteiger partial charge in [0.15, 0.2) is 0 Å². The van der Waals surface area contributed by atoms with Gasteiger partial charge in [-0.3, -0.25) is 9.59 Å². The van der Waals surface area contributed by atoms with Crippen molar-refractivity contribution >= 4 is 29.0 Å². The van der Waals surface area contributed by atoms with Gasteiger partial charge in [-0.2, -0.15) is 5.10 Å². The smallest absolute Gasteiger partial charge is 0.276 e. The average molecular weight is 412 g/mol. The number of hydrogen-bond acceptors (Lipinski definition) is 5. The number of aromatic nitrogens is 3. The van der Waals surface area contributed by atoms with Crippen LogP contribution in [0.2, 0.25) is 0 Å². The predicted molar refractivity (Wildman–Crippen MR) is 114 cm³/mol. The van der Waals surface area contributed by atoms with E-state index in [-0.39, 0.29) is 23.9 Å². The molecule has 7 nitrogen and oxygen atoms in total. The summed E-state index contributed by atoms with van der Waals surface area (Å²) in [6.45, 7) is 7.39. The van der Waals surface area contributed by atoms with E-state index >= 15 is 0 Å². The zero-order valence-electron chi connectivity index (χ0n) is 17.0. The molecule has 0 aliphatic rings. The Kier molecular flexibility index (Phi) is 6.43. The van der Waals surface area contributed by atoms with E-state index in [0.717, 1.165) is 11.1 Å². The SMILES string of the molecule is CC(=O)N[C@@H](Cc1ccccc1)c1nc(C(=O)Nc2c(C)cnn2C(C)C)cs1. The number of carbonyl (C=O) groups is 2. The van der Waals surface area contributed by atoms with Crippen molar-refractivity contribution in [2.45, 2.75) is 46.2 Å². The van der Waals surface area contributed by atoms with Crippen LogP contribution in [0, 0.1) is 6.92 Å². The van der Waals surface area contributed by atoms with E-state index < -0.39 is 0 Å². The van der Waals surface area contributed by atoms with Gasteiger partial charge in [-0.05, 0) is 32.8 Å². The van der Waals surface area contributed by atoms with Crippen molar-refractivity contribution in [2.75, 3.05) is 5.32 Å². The fraction of sp³-hybridized carbons (Fsp3) is 0.333. The van der Waals surface area contributed by atoms with Gasteiger partial charge in [0.1, 0.15) is 16.5 Å². The number of anilines is 1. The van der Waals surface area contributed by atoms with E-state index in [4.69, 9.17) is 0 Å². The molecule has 1 aromatic carbocycles. The molecule has 0 saturated carbocycles. The van der Waals surface area contributed by atoms with Crippen molar-refractivity contribution in [3.05, 3.63) is 63.7 Å². The Balaban J connectivity index is 1.79. The third-order valence-electron chi connectivity index (χ3n) is 4.41. The molecule has 8 heteroatoms. The first-order chi connectivity index (χ1) is 13.8. The van der Waals surface area contributed by atoms with Crippen LogP contribution in [0.25, 0.3) is 0 Å². The highest BCUT2D eigenvalue weighted by Crippen LogP contribution is 2.24. The number of amides is 2. The summed E-state index contributed by atoms with van der Waals surface area (Å²) in [5.74, 6) is 0.241. The molecule has 0 aliphatic carbocycles. The lowest BCUT2D eigenvalue weighted by atomic mass is 10.1. The van der Waals surface area contributed by atoms with E-state index in [1.165, 1.54) is 18.3 Å². The van der Waals surface area contributed by atoms with Crippen molar-refractivity contribution in [3.63, 3.8) is 0 Å². The summed E-state index contributed by atoms with van der Waals surface area (Å²) in [5.41, 5.74) is 2.30. The van der Waals surface area contributed by atoms with Gasteiger partial charge >= 0.3 is 0 Å². The van der Waals surface area contributed by atoms with Crippen molar-refractivity contribution in [2.24, 2.45) is 0 Å². The van der Waals surface area contributed by atoms with Gasteiger partial charge in [-0.1, -0.05) is 30.3 Å². The number of thiazole rings is 1. The number of hydrogen-bond donors (Lipinski definition) is 2. The van der Waals surface area contributed by atoms with E-state index in [0.29, 0.717) is 22.9 Å². The molecule has 0 unspecified atom stereocenters. The fourth-order valence-electron chi connectivity index (χ4n) is 3.01. The van der Waals surface area contributed by atoms with Gasteiger partial charge < -0.3 is 10.6 Å². The summed E-state index contributed by atoms with van der Waals surface area (Å²) in [6.07, 6.45) is 2.34. The first kappa shape index (κ1) is 20.7. The minimum atomic E-state index is -0.292. The zero-order chi connectivity index (χ0) is 21.0. The van der Waals surface area contributed by atoms with Gasteiger partial charge in [0, 0.05) is 23.9 Å². The zero-order valence-corrected chi connectivity index (χ0v) is 17.8. The molecule has 2 aromatic heterocycles. The summed E-state index contributed by atoms with van der Waals surface area (Å²) in [4.78, 5) is 29.0. The molecule has 0 saturated heterocycles. The molecule has 1 atom stereocenters. The first-order valence-corrected chi connectivity index (χ1v) is 10.3. The number of nitrogens with one attached hydrogen (secondary N) is 2. The molecule has 2 N–H and O–H groups in total. The van der Waals surface area contributed by atoms with Gasteiger partial charge in [-0.15, -0.1) is 11.3 Å². The summed E-state index contributed by atoms with van der Waals surface area (Å²) < 4.78 is 1.77. The number of nitrogens with zero attached hydrogens (tertiary/aromatic N) is 3. The van der Waals surface area contributed by atoms with Crippen molar-refractivity contribution in [3.8, 4) is 0 Å². The van der Waals surface area contributed by atoms with Crippen LogP contribution in [0.4, 0.5) is 5.82 Å². The molecular weight excluding hydrogens is 386 g/mol. The molecule has 2 amide bonds. The van der Waals surface area contributed by atoms with E-state index in [2.05, 4.69) is 20.7 Å². The molecule has 152 valence electrons. The van der Waals surface area contributed by atoms with Crippen LogP contribution in [0.1, 0.15) is 59.5 Å². The minimum absolute atomic E-state index is 0.125. The highest BCUT2D eigenvalue weighted by molar-refractivity contribution is 7.10. The highest BCUT2D eigenvalue weighted by Gasteiger charge is 2.21. The van der Waals surface area contributed by atoms with E-state index in [9.17, 15) is 9.59 Å². The Labute approximate surface area is 174 Å². The minimum Gasteiger partial charge on any atom is -0.347 e. The second kappa shape index (κ2) is 9.00. The second-order valence-corrected chi connectivity index (χ2v) is 8.07. The van der Waals surface area contributed by atoms with Crippen LogP contribution in [0.5, 0.6) is 0 Å². The molecule has 0 aliphatic heterocycles. The Morgan fingerprint density at radius 2 is 1.93 bits per heavy atom. The lowest BCUT2D eigenvalue weighted by molar-refractivity contribution is -0.119. The molecule has 3 rings (SSSR count). The number of rotatable bonds is 7. The third-order valence-corrected chi connectivity index (χ3v) is 5.37. The molecule has 0 fully saturated rings. The quantitative estimate of drug-likeness (QED) is 0.617. The first-order valence-electron chi connectivity index (χ1n) is 9.47. The van der Waals surface area contributed by atoms with Crippen LogP contribution in [-0.4, -0.2) is 26.6 Å².